The standard InChI is InChI=1S/C30H41N3O6/c1-6-7-17-31-27(36)25(23-10-8-9-19(2)26(23)35)33(21-13-14-21)28(37)24(32-29(38)39-30(3,4)5)18-20-11-15-22(34)16-12-20/h8-12,15-16,21,24-25,34-35H,6-7,13-14,17-18H2,1-5H3,(H,31,36)(H,32,38). The molecule has 9 heteroatoms. The maximum absolute atomic E-state index is 14.3. The molecule has 9 nitrogen and oxygen atoms in total. The van der Waals surface area contributed by atoms with E-state index in [9.17, 15) is 24.6 Å². The number of hydrogen-bond acceptors (Lipinski definition) is 6. The van der Waals surface area contributed by atoms with Crippen molar-refractivity contribution in [2.75, 3.05) is 6.54 Å². The van der Waals surface area contributed by atoms with Crippen molar-refractivity contribution in [2.24, 2.45) is 0 Å². The van der Waals surface area contributed by atoms with E-state index in [2.05, 4.69) is 10.6 Å². The van der Waals surface area contributed by atoms with Gasteiger partial charge in [0.1, 0.15) is 29.2 Å². The number of carbonyl (C=O) groups excluding carboxylic acids is 3. The number of nitrogens with one attached hydrogen (secondary N) is 2. The number of aromatic hydroxyl groups is 2. The molecule has 0 aliphatic heterocycles. The zero-order valence-electron chi connectivity index (χ0n) is 23.5. The van der Waals surface area contributed by atoms with Crippen molar-refractivity contribution in [3.63, 3.8) is 0 Å². The van der Waals surface area contributed by atoms with E-state index in [0.717, 1.165) is 12.8 Å². The lowest BCUT2D eigenvalue weighted by molar-refractivity contribution is -0.143. The Morgan fingerprint density at radius 3 is 2.33 bits per heavy atom. The summed E-state index contributed by atoms with van der Waals surface area (Å²) in [5, 5.41) is 26.3. The largest absolute Gasteiger partial charge is 0.508 e. The molecule has 1 fully saturated rings. The van der Waals surface area contributed by atoms with Gasteiger partial charge in [0.25, 0.3) is 0 Å². The summed E-state index contributed by atoms with van der Waals surface area (Å²) in [4.78, 5) is 42.2. The first-order chi connectivity index (χ1) is 18.4. The second-order valence-electron chi connectivity index (χ2n) is 11.1. The molecule has 0 bridgehead atoms. The molecular weight excluding hydrogens is 498 g/mol. The zero-order chi connectivity index (χ0) is 28.7. The highest BCUT2D eigenvalue weighted by molar-refractivity contribution is 5.93. The third-order valence-corrected chi connectivity index (χ3v) is 6.48. The lowest BCUT2D eigenvalue weighted by atomic mass is 9.97. The van der Waals surface area contributed by atoms with E-state index in [-0.39, 0.29) is 29.9 Å². The van der Waals surface area contributed by atoms with Gasteiger partial charge >= 0.3 is 6.09 Å². The van der Waals surface area contributed by atoms with Gasteiger partial charge in [0, 0.05) is 24.6 Å². The Kier molecular flexibility index (Phi) is 9.83. The molecular formula is C30H41N3O6. The van der Waals surface area contributed by atoms with Gasteiger partial charge in [-0.05, 0) is 70.2 Å². The number of alkyl carbamates (subject to hydrolysis) is 1. The highest BCUT2D eigenvalue weighted by Crippen LogP contribution is 2.39. The Morgan fingerprint density at radius 2 is 1.74 bits per heavy atom. The number of para-hydroxylation sites is 1. The van der Waals surface area contributed by atoms with Crippen LogP contribution in [0.1, 0.15) is 76.1 Å². The number of benzene rings is 2. The average Bonchev–Trinajstić information content (AvgIpc) is 3.69. The fraction of sp³-hybridized carbons (Fsp3) is 0.500. The van der Waals surface area contributed by atoms with Crippen molar-refractivity contribution in [3.8, 4) is 11.5 Å². The van der Waals surface area contributed by atoms with Crippen molar-refractivity contribution in [2.45, 2.75) is 90.4 Å². The minimum atomic E-state index is -1.08. The van der Waals surface area contributed by atoms with Crippen molar-refractivity contribution >= 4 is 17.9 Å². The second-order valence-corrected chi connectivity index (χ2v) is 11.1. The highest BCUT2D eigenvalue weighted by Gasteiger charge is 2.45. The van der Waals surface area contributed by atoms with Gasteiger partial charge in [-0.3, -0.25) is 9.59 Å². The number of carbonyl (C=O) groups is 3. The number of rotatable bonds is 11. The SMILES string of the molecule is CCCCNC(=O)C(c1cccc(C)c1O)N(C(=O)C(Cc1ccc(O)cc1)NC(=O)OC(C)(C)C)C1CC1. The Labute approximate surface area is 230 Å². The number of hydrogen-bond donors (Lipinski definition) is 4. The first kappa shape index (κ1) is 29.8. The second kappa shape index (κ2) is 12.9. The summed E-state index contributed by atoms with van der Waals surface area (Å²) in [6.07, 6.45) is 2.44. The molecule has 1 saturated carbocycles. The molecule has 1 aliphatic rings. The van der Waals surface area contributed by atoms with Gasteiger partial charge < -0.3 is 30.5 Å². The van der Waals surface area contributed by atoms with Crippen LogP contribution in [0.2, 0.25) is 0 Å². The monoisotopic (exact) mass is 539 g/mol. The lowest BCUT2D eigenvalue weighted by Crippen LogP contribution is -2.54. The predicted molar refractivity (Wildman–Crippen MR) is 148 cm³/mol. The van der Waals surface area contributed by atoms with Crippen LogP contribution in [-0.4, -0.2) is 57.3 Å². The van der Waals surface area contributed by atoms with Crippen LogP contribution in [0.5, 0.6) is 11.5 Å². The van der Waals surface area contributed by atoms with Gasteiger partial charge in [0.2, 0.25) is 11.8 Å². The summed E-state index contributed by atoms with van der Waals surface area (Å²) in [6.45, 7) is 9.40. The van der Waals surface area contributed by atoms with Gasteiger partial charge in [0.15, 0.2) is 0 Å². The van der Waals surface area contributed by atoms with Crippen LogP contribution < -0.4 is 10.6 Å². The van der Waals surface area contributed by atoms with Crippen molar-refractivity contribution < 1.29 is 29.3 Å². The van der Waals surface area contributed by atoms with Crippen LogP contribution in [-0.2, 0) is 20.7 Å². The van der Waals surface area contributed by atoms with Crippen LogP contribution in [0.4, 0.5) is 4.79 Å². The minimum Gasteiger partial charge on any atom is -0.508 e. The molecule has 1 aliphatic carbocycles. The predicted octanol–water partition coefficient (Wildman–Crippen LogP) is 4.49. The third kappa shape index (κ3) is 8.37. The molecule has 0 radical (unpaired) electrons. The molecule has 2 aromatic rings. The summed E-state index contributed by atoms with van der Waals surface area (Å²) in [5.74, 6) is -0.792. The summed E-state index contributed by atoms with van der Waals surface area (Å²) < 4.78 is 5.44. The van der Waals surface area contributed by atoms with E-state index in [1.807, 2.05) is 6.92 Å². The summed E-state index contributed by atoms with van der Waals surface area (Å²) in [5.41, 5.74) is 0.862. The molecule has 4 N–H and O–H groups in total. The van der Waals surface area contributed by atoms with E-state index in [1.54, 1.807) is 58.0 Å². The molecule has 212 valence electrons. The number of unbranched alkanes of at least 4 members (excludes halogenated alkanes) is 1. The summed E-state index contributed by atoms with van der Waals surface area (Å²) in [6, 6.07) is 9.17. The molecule has 39 heavy (non-hydrogen) atoms. The smallest absolute Gasteiger partial charge is 0.408 e. The van der Waals surface area contributed by atoms with E-state index < -0.39 is 29.7 Å². The molecule has 0 heterocycles. The van der Waals surface area contributed by atoms with Gasteiger partial charge in [-0.2, -0.15) is 0 Å². The van der Waals surface area contributed by atoms with Crippen LogP contribution >= 0.6 is 0 Å². The number of aryl methyl sites for hydroxylation is 1. The van der Waals surface area contributed by atoms with Gasteiger partial charge in [-0.1, -0.05) is 43.7 Å². The normalized spacial score (nSPS) is 14.7. The number of amides is 3. The zero-order valence-corrected chi connectivity index (χ0v) is 23.5. The number of phenols is 2. The topological polar surface area (TPSA) is 128 Å². The molecule has 3 amide bonds. The van der Waals surface area contributed by atoms with Gasteiger partial charge in [-0.25, -0.2) is 4.79 Å². The van der Waals surface area contributed by atoms with E-state index in [0.29, 0.717) is 36.1 Å². The average molecular weight is 540 g/mol. The molecule has 0 saturated heterocycles. The van der Waals surface area contributed by atoms with Crippen LogP contribution in [0.25, 0.3) is 0 Å². The maximum atomic E-state index is 14.3. The van der Waals surface area contributed by atoms with Crippen LogP contribution in [0.3, 0.4) is 0 Å². The number of nitrogens with zero attached hydrogens (tertiary/aromatic N) is 1. The fourth-order valence-electron chi connectivity index (χ4n) is 4.37. The molecule has 2 atom stereocenters. The maximum Gasteiger partial charge on any atom is 0.408 e. The van der Waals surface area contributed by atoms with E-state index in [4.69, 9.17) is 4.74 Å². The van der Waals surface area contributed by atoms with Crippen molar-refractivity contribution in [1.82, 2.24) is 15.5 Å². The first-order valence-corrected chi connectivity index (χ1v) is 13.6. The molecule has 0 aromatic heterocycles. The quantitative estimate of drug-likeness (QED) is 0.312. The first-order valence-electron chi connectivity index (χ1n) is 13.6. The Hall–Kier alpha value is -3.75. The fourth-order valence-corrected chi connectivity index (χ4v) is 4.37. The van der Waals surface area contributed by atoms with E-state index >= 15 is 0 Å². The third-order valence-electron chi connectivity index (χ3n) is 6.48. The molecule has 2 unspecified atom stereocenters. The number of ether oxygens (including phenoxy) is 1. The van der Waals surface area contributed by atoms with Crippen LogP contribution in [0, 0.1) is 6.92 Å². The molecule has 0 spiro atoms. The molecule has 3 rings (SSSR count). The van der Waals surface area contributed by atoms with Gasteiger partial charge in [-0.15, -0.1) is 0 Å². The Morgan fingerprint density at radius 1 is 1.08 bits per heavy atom. The van der Waals surface area contributed by atoms with Crippen molar-refractivity contribution in [1.29, 1.82) is 0 Å². The Bertz CT molecular complexity index is 1150. The summed E-state index contributed by atoms with van der Waals surface area (Å²) in [7, 11) is 0. The summed E-state index contributed by atoms with van der Waals surface area (Å²) >= 11 is 0. The Balaban J connectivity index is 2.02. The van der Waals surface area contributed by atoms with E-state index in [1.165, 1.54) is 17.0 Å². The van der Waals surface area contributed by atoms with Crippen molar-refractivity contribution in [3.05, 3.63) is 59.2 Å². The lowest BCUT2D eigenvalue weighted by Gasteiger charge is -2.35. The van der Waals surface area contributed by atoms with Gasteiger partial charge in [0.05, 0.1) is 0 Å². The van der Waals surface area contributed by atoms with Crippen LogP contribution in [0.15, 0.2) is 42.5 Å². The minimum absolute atomic E-state index is 0.0400. The highest BCUT2D eigenvalue weighted by atomic mass is 16.6. The molecule has 2 aromatic carbocycles. The number of phenolic OH excluding ortho intramolecular Hbond substituents is 2.